The molecule has 0 bridgehead atoms. The van der Waals surface area contributed by atoms with Crippen LogP contribution in [0.15, 0.2) is 29.2 Å². The van der Waals surface area contributed by atoms with E-state index in [2.05, 4.69) is 18.6 Å². The Kier molecular flexibility index (Phi) is 4.28. The van der Waals surface area contributed by atoms with Gasteiger partial charge in [0.25, 0.3) is 0 Å². The highest BCUT2D eigenvalue weighted by molar-refractivity contribution is 7.89. The van der Waals surface area contributed by atoms with E-state index in [1.54, 1.807) is 18.2 Å². The lowest BCUT2D eigenvalue weighted by molar-refractivity contribution is 0.281. The zero-order valence-electron chi connectivity index (χ0n) is 11.3. The average Bonchev–Trinajstić information content (AvgIpc) is 2.70. The minimum atomic E-state index is -3.49. The first kappa shape index (κ1) is 14.5. The molecule has 1 aromatic carbocycles. The topological polar surface area (TPSA) is 66.4 Å². The van der Waals surface area contributed by atoms with Crippen molar-refractivity contribution in [2.75, 3.05) is 0 Å². The molecular weight excluding hydrogens is 262 g/mol. The second kappa shape index (κ2) is 5.61. The fraction of sp³-hybridized carbons (Fsp3) is 0.571. The van der Waals surface area contributed by atoms with Gasteiger partial charge in [0, 0.05) is 6.04 Å². The van der Waals surface area contributed by atoms with Gasteiger partial charge in [0.05, 0.1) is 11.5 Å². The molecule has 1 aliphatic carbocycles. The summed E-state index contributed by atoms with van der Waals surface area (Å²) in [6.07, 6.45) is 1.95. The van der Waals surface area contributed by atoms with Crippen molar-refractivity contribution in [3.8, 4) is 0 Å². The van der Waals surface area contributed by atoms with Gasteiger partial charge in [0.2, 0.25) is 10.0 Å². The Morgan fingerprint density at radius 2 is 2.05 bits per heavy atom. The minimum absolute atomic E-state index is 0.0118. The van der Waals surface area contributed by atoms with Gasteiger partial charge >= 0.3 is 0 Å². The summed E-state index contributed by atoms with van der Waals surface area (Å²) in [4.78, 5) is 0.228. The van der Waals surface area contributed by atoms with Gasteiger partial charge in [-0.3, -0.25) is 0 Å². The van der Waals surface area contributed by atoms with E-state index in [1.807, 2.05) is 0 Å². The molecule has 0 amide bonds. The Balaban J connectivity index is 2.18. The Hall–Kier alpha value is -0.910. The summed E-state index contributed by atoms with van der Waals surface area (Å²) in [5.74, 6) is 0.910. The summed E-state index contributed by atoms with van der Waals surface area (Å²) in [6.45, 7) is 4.10. The Morgan fingerprint density at radius 3 is 2.63 bits per heavy atom. The minimum Gasteiger partial charge on any atom is -0.392 e. The lowest BCUT2D eigenvalue weighted by atomic mass is 9.98. The van der Waals surface area contributed by atoms with Crippen molar-refractivity contribution in [1.29, 1.82) is 0 Å². The van der Waals surface area contributed by atoms with Gasteiger partial charge in [0.15, 0.2) is 0 Å². The molecule has 2 rings (SSSR count). The molecule has 0 spiro atoms. The molecule has 5 heteroatoms. The number of rotatable bonds is 4. The number of aliphatic hydroxyl groups excluding tert-OH is 1. The summed E-state index contributed by atoms with van der Waals surface area (Å²) in [7, 11) is -3.49. The third-order valence-electron chi connectivity index (χ3n) is 4.16. The van der Waals surface area contributed by atoms with Crippen LogP contribution in [0.25, 0.3) is 0 Å². The molecule has 3 unspecified atom stereocenters. The molecular formula is C14H21NO3S. The van der Waals surface area contributed by atoms with Crippen LogP contribution in [0.2, 0.25) is 0 Å². The van der Waals surface area contributed by atoms with Gasteiger partial charge < -0.3 is 5.11 Å². The predicted octanol–water partition coefficient (Wildman–Crippen LogP) is 1.89. The molecule has 106 valence electrons. The fourth-order valence-corrected chi connectivity index (χ4v) is 4.04. The molecule has 0 aromatic heterocycles. The number of sulfonamides is 1. The van der Waals surface area contributed by atoms with Crippen LogP contribution in [0, 0.1) is 11.8 Å². The average molecular weight is 283 g/mol. The Morgan fingerprint density at radius 1 is 1.32 bits per heavy atom. The third kappa shape index (κ3) is 3.16. The van der Waals surface area contributed by atoms with Gasteiger partial charge in [-0.15, -0.1) is 0 Å². The van der Waals surface area contributed by atoms with Crippen molar-refractivity contribution in [2.24, 2.45) is 11.8 Å². The van der Waals surface area contributed by atoms with Gasteiger partial charge in [0.1, 0.15) is 0 Å². The van der Waals surface area contributed by atoms with E-state index in [9.17, 15) is 8.42 Å². The molecule has 1 aliphatic rings. The third-order valence-corrected chi connectivity index (χ3v) is 5.65. The standard InChI is InChI=1S/C14H21NO3S/c1-10-6-7-14(11(10)2)15-19(17,18)13-5-3-4-12(8-13)9-16/h3-5,8,10-11,14-16H,6-7,9H2,1-2H3. The van der Waals surface area contributed by atoms with Crippen molar-refractivity contribution in [2.45, 2.75) is 44.2 Å². The molecule has 0 heterocycles. The maximum absolute atomic E-state index is 12.3. The summed E-state index contributed by atoms with van der Waals surface area (Å²) in [5, 5.41) is 9.07. The number of benzene rings is 1. The molecule has 3 atom stereocenters. The number of hydrogen-bond donors (Lipinski definition) is 2. The number of nitrogens with one attached hydrogen (secondary N) is 1. The van der Waals surface area contributed by atoms with Crippen LogP contribution >= 0.6 is 0 Å². The summed E-state index contributed by atoms with van der Waals surface area (Å²) < 4.78 is 27.4. The summed E-state index contributed by atoms with van der Waals surface area (Å²) in [6, 6.07) is 6.45. The Bertz CT molecular complexity index is 541. The molecule has 2 N–H and O–H groups in total. The van der Waals surface area contributed by atoms with Crippen LogP contribution in [0.1, 0.15) is 32.3 Å². The van der Waals surface area contributed by atoms with E-state index in [4.69, 9.17) is 5.11 Å². The molecule has 1 saturated carbocycles. The first-order valence-electron chi connectivity index (χ1n) is 6.66. The second-order valence-electron chi connectivity index (χ2n) is 5.45. The predicted molar refractivity (Wildman–Crippen MR) is 74.0 cm³/mol. The van der Waals surface area contributed by atoms with E-state index >= 15 is 0 Å². The first-order chi connectivity index (χ1) is 8.94. The molecule has 19 heavy (non-hydrogen) atoms. The lowest BCUT2D eigenvalue weighted by Gasteiger charge is -2.19. The largest absolute Gasteiger partial charge is 0.392 e. The van der Waals surface area contributed by atoms with E-state index in [1.165, 1.54) is 6.07 Å². The van der Waals surface area contributed by atoms with Crippen molar-refractivity contribution in [3.05, 3.63) is 29.8 Å². The maximum atomic E-state index is 12.3. The molecule has 4 nitrogen and oxygen atoms in total. The molecule has 1 fully saturated rings. The lowest BCUT2D eigenvalue weighted by Crippen LogP contribution is -2.37. The zero-order chi connectivity index (χ0) is 14.0. The van der Waals surface area contributed by atoms with Crippen molar-refractivity contribution < 1.29 is 13.5 Å². The molecule has 0 radical (unpaired) electrons. The van der Waals surface area contributed by atoms with Crippen molar-refractivity contribution >= 4 is 10.0 Å². The Labute approximate surface area is 114 Å². The fourth-order valence-electron chi connectivity index (χ4n) is 2.61. The number of hydrogen-bond acceptors (Lipinski definition) is 3. The zero-order valence-corrected chi connectivity index (χ0v) is 12.2. The quantitative estimate of drug-likeness (QED) is 0.887. The molecule has 1 aromatic rings. The first-order valence-corrected chi connectivity index (χ1v) is 8.14. The highest BCUT2D eigenvalue weighted by atomic mass is 32.2. The van der Waals surface area contributed by atoms with E-state index in [0.717, 1.165) is 12.8 Å². The van der Waals surface area contributed by atoms with Crippen molar-refractivity contribution in [3.63, 3.8) is 0 Å². The normalized spacial score (nSPS) is 27.6. The van der Waals surface area contributed by atoms with E-state index in [0.29, 0.717) is 17.4 Å². The monoisotopic (exact) mass is 283 g/mol. The van der Waals surface area contributed by atoms with Crippen LogP contribution in [0.3, 0.4) is 0 Å². The number of aliphatic hydroxyl groups is 1. The van der Waals surface area contributed by atoms with Crippen LogP contribution in [-0.4, -0.2) is 19.6 Å². The van der Waals surface area contributed by atoms with E-state index < -0.39 is 10.0 Å². The van der Waals surface area contributed by atoms with Crippen LogP contribution in [0.4, 0.5) is 0 Å². The maximum Gasteiger partial charge on any atom is 0.240 e. The van der Waals surface area contributed by atoms with Gasteiger partial charge in [-0.2, -0.15) is 0 Å². The summed E-state index contributed by atoms with van der Waals surface area (Å²) in [5.41, 5.74) is 0.607. The van der Waals surface area contributed by atoms with Crippen LogP contribution in [0.5, 0.6) is 0 Å². The molecule has 0 saturated heterocycles. The van der Waals surface area contributed by atoms with Crippen LogP contribution in [-0.2, 0) is 16.6 Å². The van der Waals surface area contributed by atoms with Gasteiger partial charge in [-0.1, -0.05) is 26.0 Å². The SMILES string of the molecule is CC1CCC(NS(=O)(=O)c2cccc(CO)c2)C1C. The highest BCUT2D eigenvalue weighted by Crippen LogP contribution is 2.32. The van der Waals surface area contributed by atoms with Crippen molar-refractivity contribution in [1.82, 2.24) is 4.72 Å². The molecule has 0 aliphatic heterocycles. The van der Waals surface area contributed by atoms with E-state index in [-0.39, 0.29) is 17.5 Å². The van der Waals surface area contributed by atoms with Crippen LogP contribution < -0.4 is 4.72 Å². The highest BCUT2D eigenvalue weighted by Gasteiger charge is 2.32. The van der Waals surface area contributed by atoms with Gasteiger partial charge in [-0.25, -0.2) is 13.1 Å². The smallest absolute Gasteiger partial charge is 0.240 e. The van der Waals surface area contributed by atoms with Gasteiger partial charge in [-0.05, 0) is 42.4 Å². The summed E-state index contributed by atoms with van der Waals surface area (Å²) >= 11 is 0. The second-order valence-corrected chi connectivity index (χ2v) is 7.16.